The molecule has 0 amide bonds. The van der Waals surface area contributed by atoms with Crippen molar-refractivity contribution in [3.63, 3.8) is 0 Å². The molecular formula is C12H24N2O. The maximum absolute atomic E-state index is 6.28. The van der Waals surface area contributed by atoms with Crippen LogP contribution in [0.4, 0.5) is 0 Å². The molecule has 0 spiro atoms. The molecule has 1 saturated carbocycles. The molecule has 1 aliphatic carbocycles. The van der Waals surface area contributed by atoms with Gasteiger partial charge in [-0.1, -0.05) is 12.8 Å². The lowest BCUT2D eigenvalue weighted by atomic mass is 9.98. The fraction of sp³-hybridized carbons (Fsp3) is 1.00. The molecule has 15 heavy (non-hydrogen) atoms. The highest BCUT2D eigenvalue weighted by Crippen LogP contribution is 2.26. The van der Waals surface area contributed by atoms with Gasteiger partial charge in [0, 0.05) is 25.2 Å². The third-order valence-electron chi connectivity index (χ3n) is 4.02. The Kier molecular flexibility index (Phi) is 3.65. The maximum Gasteiger partial charge on any atom is 0.0588 e. The van der Waals surface area contributed by atoms with Gasteiger partial charge in [-0.25, -0.2) is 0 Å². The van der Waals surface area contributed by atoms with E-state index < -0.39 is 0 Å². The van der Waals surface area contributed by atoms with E-state index in [1.165, 1.54) is 32.1 Å². The number of nitrogens with two attached hydrogens (primary N) is 1. The molecule has 3 nitrogen and oxygen atoms in total. The topological polar surface area (TPSA) is 47.3 Å². The van der Waals surface area contributed by atoms with Gasteiger partial charge in [-0.2, -0.15) is 0 Å². The van der Waals surface area contributed by atoms with Crippen LogP contribution in [0.1, 0.15) is 39.0 Å². The lowest BCUT2D eigenvalue weighted by Crippen LogP contribution is -2.47. The molecule has 2 aliphatic rings. The first-order valence-corrected chi connectivity index (χ1v) is 6.31. The van der Waals surface area contributed by atoms with E-state index in [1.54, 1.807) is 0 Å². The van der Waals surface area contributed by atoms with Crippen LogP contribution in [0.2, 0.25) is 0 Å². The largest absolute Gasteiger partial charge is 0.378 e. The summed E-state index contributed by atoms with van der Waals surface area (Å²) in [5.41, 5.74) is 6.37. The molecule has 1 aliphatic heterocycles. The zero-order valence-corrected chi connectivity index (χ0v) is 9.80. The fourth-order valence-electron chi connectivity index (χ4n) is 2.81. The van der Waals surface area contributed by atoms with Crippen LogP contribution < -0.4 is 11.1 Å². The molecular weight excluding hydrogens is 188 g/mol. The first kappa shape index (κ1) is 11.4. The Balaban J connectivity index is 1.65. The average molecular weight is 212 g/mol. The summed E-state index contributed by atoms with van der Waals surface area (Å²) < 4.78 is 5.54. The van der Waals surface area contributed by atoms with Crippen molar-refractivity contribution in [1.82, 2.24) is 5.32 Å². The highest BCUT2D eigenvalue weighted by molar-refractivity contribution is 4.91. The molecule has 0 aromatic heterocycles. The second-order valence-electron chi connectivity index (χ2n) is 5.33. The van der Waals surface area contributed by atoms with Gasteiger partial charge >= 0.3 is 0 Å². The van der Waals surface area contributed by atoms with Crippen LogP contribution >= 0.6 is 0 Å². The fourth-order valence-corrected chi connectivity index (χ4v) is 2.81. The van der Waals surface area contributed by atoms with Crippen molar-refractivity contribution >= 4 is 0 Å². The normalized spacial score (nSPS) is 34.8. The van der Waals surface area contributed by atoms with Crippen LogP contribution in [0.15, 0.2) is 0 Å². The number of hydrogen-bond donors (Lipinski definition) is 2. The molecule has 3 heteroatoms. The van der Waals surface area contributed by atoms with E-state index in [2.05, 4.69) is 12.2 Å². The van der Waals surface area contributed by atoms with Gasteiger partial charge in [0.1, 0.15) is 0 Å². The van der Waals surface area contributed by atoms with Gasteiger partial charge in [0.15, 0.2) is 0 Å². The van der Waals surface area contributed by atoms with Crippen LogP contribution in [0.3, 0.4) is 0 Å². The van der Waals surface area contributed by atoms with Gasteiger partial charge in [-0.05, 0) is 32.1 Å². The van der Waals surface area contributed by atoms with Crippen LogP contribution in [0, 0.1) is 5.92 Å². The van der Waals surface area contributed by atoms with Gasteiger partial charge in [-0.3, -0.25) is 0 Å². The van der Waals surface area contributed by atoms with Gasteiger partial charge < -0.3 is 15.8 Å². The van der Waals surface area contributed by atoms with Gasteiger partial charge in [0.2, 0.25) is 0 Å². The molecule has 2 rings (SSSR count). The van der Waals surface area contributed by atoms with Crippen molar-refractivity contribution in [2.45, 2.75) is 50.7 Å². The minimum absolute atomic E-state index is 0.0860. The molecule has 88 valence electrons. The summed E-state index contributed by atoms with van der Waals surface area (Å²) in [6, 6.07) is 0. The molecule has 0 radical (unpaired) electrons. The highest BCUT2D eigenvalue weighted by atomic mass is 16.5. The maximum atomic E-state index is 6.28. The van der Waals surface area contributed by atoms with Crippen molar-refractivity contribution < 1.29 is 4.74 Å². The average Bonchev–Trinajstić information content (AvgIpc) is 2.78. The van der Waals surface area contributed by atoms with E-state index in [0.717, 1.165) is 19.7 Å². The predicted molar refractivity (Wildman–Crippen MR) is 61.8 cm³/mol. The summed E-state index contributed by atoms with van der Waals surface area (Å²) in [6.07, 6.45) is 6.62. The molecule has 1 saturated heterocycles. The van der Waals surface area contributed by atoms with Crippen molar-refractivity contribution in [1.29, 1.82) is 0 Å². The highest BCUT2D eigenvalue weighted by Gasteiger charge is 2.30. The third-order valence-corrected chi connectivity index (χ3v) is 4.02. The van der Waals surface area contributed by atoms with Crippen molar-refractivity contribution in [2.75, 3.05) is 19.7 Å². The molecule has 2 fully saturated rings. The summed E-state index contributed by atoms with van der Waals surface area (Å²) in [5.74, 6) is 0.690. The minimum atomic E-state index is 0.0860. The Morgan fingerprint density at radius 2 is 2.13 bits per heavy atom. The zero-order valence-electron chi connectivity index (χ0n) is 9.80. The third kappa shape index (κ3) is 2.92. The van der Waals surface area contributed by atoms with E-state index in [-0.39, 0.29) is 5.54 Å². The number of nitrogens with one attached hydrogen (secondary N) is 1. The molecule has 2 unspecified atom stereocenters. The van der Waals surface area contributed by atoms with Crippen LogP contribution in [-0.4, -0.2) is 31.3 Å². The van der Waals surface area contributed by atoms with E-state index >= 15 is 0 Å². The minimum Gasteiger partial charge on any atom is -0.378 e. The number of ether oxygens (including phenoxy) is 1. The summed E-state index contributed by atoms with van der Waals surface area (Å²) in [6.45, 7) is 5.16. The Hall–Kier alpha value is -0.120. The second kappa shape index (κ2) is 4.81. The first-order chi connectivity index (χ1) is 7.20. The molecule has 1 heterocycles. The van der Waals surface area contributed by atoms with Gasteiger partial charge in [-0.15, -0.1) is 0 Å². The Bertz CT molecular complexity index is 202. The van der Waals surface area contributed by atoms with E-state index in [9.17, 15) is 0 Å². The van der Waals surface area contributed by atoms with Crippen LogP contribution in [0.25, 0.3) is 0 Å². The van der Waals surface area contributed by atoms with Crippen molar-refractivity contribution in [2.24, 2.45) is 11.7 Å². The standard InChI is InChI=1S/C12H24N2O/c1-10-11(4-7-15-10)8-14-9-12(13)5-2-3-6-12/h10-11,14H,2-9,13H2,1H3. The van der Waals surface area contributed by atoms with E-state index in [4.69, 9.17) is 10.5 Å². The second-order valence-corrected chi connectivity index (χ2v) is 5.33. The lowest BCUT2D eigenvalue weighted by Gasteiger charge is -2.25. The summed E-state index contributed by atoms with van der Waals surface area (Å²) in [4.78, 5) is 0. The molecule has 2 atom stereocenters. The quantitative estimate of drug-likeness (QED) is 0.738. The molecule has 0 aromatic carbocycles. The lowest BCUT2D eigenvalue weighted by molar-refractivity contribution is 0.105. The van der Waals surface area contributed by atoms with E-state index in [0.29, 0.717) is 12.0 Å². The van der Waals surface area contributed by atoms with Crippen LogP contribution in [-0.2, 0) is 4.74 Å². The monoisotopic (exact) mass is 212 g/mol. The number of hydrogen-bond acceptors (Lipinski definition) is 3. The Morgan fingerprint density at radius 1 is 1.40 bits per heavy atom. The van der Waals surface area contributed by atoms with Gasteiger partial charge in [0.25, 0.3) is 0 Å². The van der Waals surface area contributed by atoms with Crippen LogP contribution in [0.5, 0.6) is 0 Å². The summed E-state index contributed by atoms with van der Waals surface area (Å²) in [5, 5.41) is 3.54. The predicted octanol–water partition coefficient (Wildman–Crippen LogP) is 1.27. The Labute approximate surface area is 92.7 Å². The summed E-state index contributed by atoms with van der Waals surface area (Å²) in [7, 11) is 0. The molecule has 0 bridgehead atoms. The first-order valence-electron chi connectivity index (χ1n) is 6.31. The van der Waals surface area contributed by atoms with Crippen molar-refractivity contribution in [3.05, 3.63) is 0 Å². The SMILES string of the molecule is CC1OCCC1CNCC1(N)CCCC1. The smallest absolute Gasteiger partial charge is 0.0588 e. The van der Waals surface area contributed by atoms with Crippen molar-refractivity contribution in [3.8, 4) is 0 Å². The van der Waals surface area contributed by atoms with E-state index in [1.807, 2.05) is 0 Å². The number of rotatable bonds is 4. The zero-order chi connectivity index (χ0) is 10.7. The molecule has 0 aromatic rings. The summed E-state index contributed by atoms with van der Waals surface area (Å²) >= 11 is 0. The van der Waals surface area contributed by atoms with Gasteiger partial charge in [0.05, 0.1) is 6.10 Å². The molecule has 3 N–H and O–H groups in total. The Morgan fingerprint density at radius 3 is 2.73 bits per heavy atom.